The van der Waals surface area contributed by atoms with E-state index in [0.29, 0.717) is 5.92 Å². The molecule has 4 rings (SSSR count). The molecule has 1 N–H and O–H groups in total. The first kappa shape index (κ1) is 13.6. The van der Waals surface area contributed by atoms with Gasteiger partial charge in [0.2, 0.25) is 0 Å². The number of carbonyl (C=O) groups is 2. The molecule has 0 amide bonds. The Kier molecular flexibility index (Phi) is 3.21. The van der Waals surface area contributed by atoms with E-state index in [2.05, 4.69) is 4.74 Å². The van der Waals surface area contributed by atoms with Crippen molar-refractivity contribution in [2.24, 2.45) is 35.5 Å². The Balaban J connectivity index is 1.34. The average Bonchev–Trinajstić information content (AvgIpc) is 3.22. The molecular formula is C16H22O5. The van der Waals surface area contributed by atoms with Gasteiger partial charge < -0.3 is 14.6 Å². The molecule has 5 heteroatoms. The van der Waals surface area contributed by atoms with Gasteiger partial charge in [0.05, 0.1) is 0 Å². The van der Waals surface area contributed by atoms with Gasteiger partial charge in [-0.05, 0) is 67.6 Å². The monoisotopic (exact) mass is 294 g/mol. The Morgan fingerprint density at radius 3 is 2.48 bits per heavy atom. The molecule has 4 aliphatic rings. The Bertz CT molecular complexity index is 462. The van der Waals surface area contributed by atoms with Gasteiger partial charge in [-0.1, -0.05) is 0 Å². The first-order valence-electron chi connectivity index (χ1n) is 8.13. The summed E-state index contributed by atoms with van der Waals surface area (Å²) < 4.78 is 10.2. The predicted molar refractivity (Wildman–Crippen MR) is 71.9 cm³/mol. The Labute approximate surface area is 124 Å². The van der Waals surface area contributed by atoms with Crippen LogP contribution in [0.1, 0.15) is 32.1 Å². The number of rotatable bonds is 4. The van der Waals surface area contributed by atoms with Gasteiger partial charge in [-0.25, -0.2) is 9.59 Å². The molecule has 4 saturated carbocycles. The molecule has 6 unspecified atom stereocenters. The number of carbonyl (C=O) groups excluding carboxylic acids is 2. The number of aliphatic hydroxyl groups is 1. The second-order valence-corrected chi connectivity index (χ2v) is 7.23. The highest BCUT2D eigenvalue weighted by molar-refractivity contribution is 5.76. The van der Waals surface area contributed by atoms with Crippen LogP contribution in [-0.4, -0.2) is 36.4 Å². The molecule has 0 saturated heterocycles. The van der Waals surface area contributed by atoms with Gasteiger partial charge >= 0.3 is 11.9 Å². The maximum Gasteiger partial charge on any atom is 0.344 e. The Morgan fingerprint density at radius 2 is 1.71 bits per heavy atom. The third-order valence-electron chi connectivity index (χ3n) is 6.44. The summed E-state index contributed by atoms with van der Waals surface area (Å²) in [6.07, 6.45) is 6.42. The van der Waals surface area contributed by atoms with Crippen molar-refractivity contribution in [3.05, 3.63) is 0 Å². The summed E-state index contributed by atoms with van der Waals surface area (Å²) in [6.45, 7) is -1.08. The van der Waals surface area contributed by atoms with Crippen molar-refractivity contribution in [1.82, 2.24) is 0 Å². The SMILES string of the molecule is O=C(CO)OCC(=O)O[C@H]1CC2CC1C1C3CCC(C3)C21. The van der Waals surface area contributed by atoms with Crippen molar-refractivity contribution in [2.45, 2.75) is 38.2 Å². The lowest BCUT2D eigenvalue weighted by Crippen LogP contribution is -2.38. The van der Waals surface area contributed by atoms with E-state index in [1.807, 2.05) is 0 Å². The van der Waals surface area contributed by atoms with Crippen LogP contribution in [0.2, 0.25) is 0 Å². The Morgan fingerprint density at radius 1 is 0.952 bits per heavy atom. The number of esters is 2. The van der Waals surface area contributed by atoms with E-state index in [1.165, 1.54) is 25.7 Å². The van der Waals surface area contributed by atoms with Crippen molar-refractivity contribution in [3.63, 3.8) is 0 Å². The normalized spacial score (nSPS) is 45.7. The number of hydrogen-bond acceptors (Lipinski definition) is 5. The number of ether oxygens (including phenoxy) is 2. The fraction of sp³-hybridized carbons (Fsp3) is 0.875. The smallest absolute Gasteiger partial charge is 0.344 e. The maximum absolute atomic E-state index is 11.8. The summed E-state index contributed by atoms with van der Waals surface area (Å²) in [5.41, 5.74) is 0. The molecular weight excluding hydrogens is 272 g/mol. The summed E-state index contributed by atoms with van der Waals surface area (Å²) in [5.74, 6) is 3.50. The summed E-state index contributed by atoms with van der Waals surface area (Å²) in [5, 5.41) is 8.55. The highest BCUT2D eigenvalue weighted by atomic mass is 16.6. The van der Waals surface area contributed by atoms with Crippen LogP contribution >= 0.6 is 0 Å². The summed E-state index contributed by atoms with van der Waals surface area (Å²) in [6, 6.07) is 0. The fourth-order valence-corrected chi connectivity index (χ4v) is 6.03. The zero-order valence-corrected chi connectivity index (χ0v) is 12.1. The van der Waals surface area contributed by atoms with E-state index in [1.54, 1.807) is 0 Å². The van der Waals surface area contributed by atoms with Crippen LogP contribution < -0.4 is 0 Å². The average molecular weight is 294 g/mol. The summed E-state index contributed by atoms with van der Waals surface area (Å²) in [7, 11) is 0. The maximum atomic E-state index is 11.8. The highest BCUT2D eigenvalue weighted by Gasteiger charge is 2.63. The topological polar surface area (TPSA) is 72.8 Å². The van der Waals surface area contributed by atoms with Crippen molar-refractivity contribution >= 4 is 11.9 Å². The van der Waals surface area contributed by atoms with Crippen LogP contribution in [0, 0.1) is 35.5 Å². The molecule has 0 aromatic carbocycles. The molecule has 5 nitrogen and oxygen atoms in total. The molecule has 7 atom stereocenters. The minimum atomic E-state index is -0.784. The number of hydrogen-bond donors (Lipinski definition) is 1. The lowest BCUT2D eigenvalue weighted by molar-refractivity contribution is -0.166. The van der Waals surface area contributed by atoms with Crippen LogP contribution in [0.4, 0.5) is 0 Å². The molecule has 0 heterocycles. The van der Waals surface area contributed by atoms with Gasteiger partial charge in [0.1, 0.15) is 12.7 Å². The van der Waals surface area contributed by atoms with E-state index in [0.717, 1.165) is 36.0 Å². The summed E-state index contributed by atoms with van der Waals surface area (Å²) in [4.78, 5) is 22.6. The molecule has 4 aliphatic carbocycles. The van der Waals surface area contributed by atoms with E-state index >= 15 is 0 Å². The molecule has 0 aromatic rings. The standard InChI is InChI=1S/C16H22O5/c17-6-13(18)20-7-14(19)21-12-5-10-4-11(12)16-9-2-1-8(3-9)15(10)16/h8-12,15-17H,1-7H2/t8?,9?,10?,11?,12-,15?,16?/m0/s1. The molecule has 21 heavy (non-hydrogen) atoms. The number of fused-ring (bicyclic) bond motifs is 9. The first-order valence-corrected chi connectivity index (χ1v) is 8.13. The van der Waals surface area contributed by atoms with E-state index in [-0.39, 0.29) is 12.7 Å². The Hall–Kier alpha value is -1.10. The molecule has 116 valence electrons. The van der Waals surface area contributed by atoms with Crippen molar-refractivity contribution in [2.75, 3.05) is 13.2 Å². The molecule has 0 spiro atoms. The van der Waals surface area contributed by atoms with Gasteiger partial charge in [-0.15, -0.1) is 0 Å². The predicted octanol–water partition coefficient (Wildman–Crippen LogP) is 1.14. The van der Waals surface area contributed by atoms with Crippen LogP contribution in [0.3, 0.4) is 0 Å². The zero-order valence-electron chi connectivity index (χ0n) is 12.1. The minimum absolute atomic E-state index is 0.0240. The van der Waals surface area contributed by atoms with E-state index < -0.39 is 18.5 Å². The van der Waals surface area contributed by atoms with Crippen LogP contribution in [-0.2, 0) is 19.1 Å². The van der Waals surface area contributed by atoms with Crippen LogP contribution in [0.15, 0.2) is 0 Å². The van der Waals surface area contributed by atoms with Gasteiger partial charge in [0.15, 0.2) is 6.61 Å². The molecule has 4 bridgehead atoms. The zero-order chi connectivity index (χ0) is 14.6. The highest BCUT2D eigenvalue weighted by Crippen LogP contribution is 2.67. The summed E-state index contributed by atoms with van der Waals surface area (Å²) >= 11 is 0. The van der Waals surface area contributed by atoms with Gasteiger partial charge in [-0.3, -0.25) is 0 Å². The van der Waals surface area contributed by atoms with E-state index in [9.17, 15) is 9.59 Å². The lowest BCUT2D eigenvalue weighted by atomic mass is 9.70. The van der Waals surface area contributed by atoms with Gasteiger partial charge in [0, 0.05) is 0 Å². The fourth-order valence-electron chi connectivity index (χ4n) is 6.03. The molecule has 4 fully saturated rings. The van der Waals surface area contributed by atoms with Gasteiger partial charge in [0.25, 0.3) is 0 Å². The van der Waals surface area contributed by atoms with Gasteiger partial charge in [-0.2, -0.15) is 0 Å². The van der Waals surface area contributed by atoms with Crippen molar-refractivity contribution in [3.8, 4) is 0 Å². The molecule has 0 aromatic heterocycles. The second kappa shape index (κ2) is 4.97. The number of aliphatic hydroxyl groups excluding tert-OH is 1. The first-order chi connectivity index (χ1) is 10.2. The second-order valence-electron chi connectivity index (χ2n) is 7.23. The molecule has 0 aliphatic heterocycles. The van der Waals surface area contributed by atoms with Crippen LogP contribution in [0.25, 0.3) is 0 Å². The third-order valence-corrected chi connectivity index (χ3v) is 6.44. The lowest BCUT2D eigenvalue weighted by Gasteiger charge is -2.38. The largest absolute Gasteiger partial charge is 0.460 e. The minimum Gasteiger partial charge on any atom is -0.460 e. The quantitative estimate of drug-likeness (QED) is 0.621. The molecule has 0 radical (unpaired) electrons. The van der Waals surface area contributed by atoms with E-state index in [4.69, 9.17) is 9.84 Å². The van der Waals surface area contributed by atoms with Crippen molar-refractivity contribution in [1.29, 1.82) is 0 Å². The van der Waals surface area contributed by atoms with Crippen LogP contribution in [0.5, 0.6) is 0 Å². The van der Waals surface area contributed by atoms with Crippen molar-refractivity contribution < 1.29 is 24.2 Å². The third kappa shape index (κ3) is 2.08.